The maximum atomic E-state index is 13.5. The molecule has 1 saturated heterocycles. The van der Waals surface area contributed by atoms with Crippen LogP contribution in [0.15, 0.2) is 18.2 Å². The highest BCUT2D eigenvalue weighted by Crippen LogP contribution is 2.38. The van der Waals surface area contributed by atoms with Gasteiger partial charge in [0.05, 0.1) is 6.04 Å². The minimum absolute atomic E-state index is 0.00737. The first-order valence-electron chi connectivity index (χ1n) is 7.13. The van der Waals surface area contributed by atoms with E-state index in [0.29, 0.717) is 6.04 Å². The van der Waals surface area contributed by atoms with Gasteiger partial charge in [0, 0.05) is 12.1 Å². The van der Waals surface area contributed by atoms with Crippen LogP contribution in [0.4, 0.5) is 8.78 Å². The molecule has 104 valence electrons. The lowest BCUT2D eigenvalue weighted by Gasteiger charge is -2.34. The molecule has 1 saturated carbocycles. The zero-order chi connectivity index (χ0) is 13.4. The Morgan fingerprint density at radius 1 is 1.05 bits per heavy atom. The van der Waals surface area contributed by atoms with E-state index >= 15 is 0 Å². The molecule has 2 aliphatic rings. The van der Waals surface area contributed by atoms with Gasteiger partial charge in [0.15, 0.2) is 11.6 Å². The smallest absolute Gasteiger partial charge is 0.159 e. The minimum atomic E-state index is -0.788. The van der Waals surface area contributed by atoms with Crippen LogP contribution in [0.1, 0.15) is 43.7 Å². The van der Waals surface area contributed by atoms with Crippen LogP contribution in [-0.4, -0.2) is 23.5 Å². The number of rotatable bonds is 2. The first kappa shape index (κ1) is 13.0. The second-order valence-corrected chi connectivity index (χ2v) is 5.75. The molecule has 0 amide bonds. The zero-order valence-corrected chi connectivity index (χ0v) is 11.0. The molecule has 0 spiro atoms. The van der Waals surface area contributed by atoms with Gasteiger partial charge in [-0.15, -0.1) is 0 Å². The second-order valence-electron chi connectivity index (χ2n) is 5.75. The standard InChI is InChI=1S/C15H20F2N2/c16-12-7-4-10(9-13(12)17)15-14(18)3-1-2-8-19(15)11-5-6-11/h4,7,9,11,14-15H,1-3,5-6,8,18H2. The Labute approximate surface area is 112 Å². The van der Waals surface area contributed by atoms with E-state index in [-0.39, 0.29) is 12.1 Å². The maximum absolute atomic E-state index is 13.5. The molecule has 1 aliphatic heterocycles. The van der Waals surface area contributed by atoms with Crippen molar-refractivity contribution in [2.75, 3.05) is 6.54 Å². The topological polar surface area (TPSA) is 29.3 Å². The highest BCUT2D eigenvalue weighted by molar-refractivity contribution is 5.24. The summed E-state index contributed by atoms with van der Waals surface area (Å²) >= 11 is 0. The molecule has 19 heavy (non-hydrogen) atoms. The van der Waals surface area contributed by atoms with E-state index in [4.69, 9.17) is 5.73 Å². The fraction of sp³-hybridized carbons (Fsp3) is 0.600. The van der Waals surface area contributed by atoms with Gasteiger partial charge in [0.1, 0.15) is 0 Å². The maximum Gasteiger partial charge on any atom is 0.159 e. The highest BCUT2D eigenvalue weighted by Gasteiger charge is 2.38. The van der Waals surface area contributed by atoms with Crippen LogP contribution in [0.3, 0.4) is 0 Å². The lowest BCUT2D eigenvalue weighted by atomic mass is 9.96. The summed E-state index contributed by atoms with van der Waals surface area (Å²) in [4.78, 5) is 2.41. The van der Waals surface area contributed by atoms with Crippen molar-refractivity contribution in [2.45, 2.75) is 50.2 Å². The summed E-state index contributed by atoms with van der Waals surface area (Å²) in [5, 5.41) is 0. The van der Waals surface area contributed by atoms with Gasteiger partial charge in [-0.1, -0.05) is 12.5 Å². The number of halogens is 2. The number of hydrogen-bond acceptors (Lipinski definition) is 2. The van der Waals surface area contributed by atoms with Gasteiger partial charge in [0.25, 0.3) is 0 Å². The van der Waals surface area contributed by atoms with Gasteiger partial charge in [-0.2, -0.15) is 0 Å². The van der Waals surface area contributed by atoms with Crippen molar-refractivity contribution in [1.29, 1.82) is 0 Å². The van der Waals surface area contributed by atoms with E-state index in [1.807, 2.05) is 0 Å². The molecule has 1 heterocycles. The molecule has 0 radical (unpaired) electrons. The van der Waals surface area contributed by atoms with Crippen LogP contribution in [0.2, 0.25) is 0 Å². The van der Waals surface area contributed by atoms with E-state index in [1.165, 1.54) is 25.0 Å². The number of likely N-dealkylation sites (tertiary alicyclic amines) is 1. The van der Waals surface area contributed by atoms with Crippen LogP contribution >= 0.6 is 0 Å². The summed E-state index contributed by atoms with van der Waals surface area (Å²) < 4.78 is 26.6. The fourth-order valence-corrected chi connectivity index (χ4v) is 3.17. The molecule has 2 atom stereocenters. The molecule has 2 fully saturated rings. The monoisotopic (exact) mass is 266 g/mol. The molecule has 2 nitrogen and oxygen atoms in total. The molecule has 2 N–H and O–H groups in total. The van der Waals surface area contributed by atoms with Crippen molar-refractivity contribution in [3.05, 3.63) is 35.4 Å². The Morgan fingerprint density at radius 3 is 2.53 bits per heavy atom. The minimum Gasteiger partial charge on any atom is -0.326 e. The third-order valence-corrected chi connectivity index (χ3v) is 4.27. The molecule has 1 aromatic carbocycles. The van der Waals surface area contributed by atoms with Gasteiger partial charge in [-0.05, 0) is 49.9 Å². The summed E-state index contributed by atoms with van der Waals surface area (Å²) in [7, 11) is 0. The third-order valence-electron chi connectivity index (χ3n) is 4.27. The van der Waals surface area contributed by atoms with Gasteiger partial charge >= 0.3 is 0 Å². The van der Waals surface area contributed by atoms with E-state index in [0.717, 1.165) is 31.4 Å². The Hall–Kier alpha value is -1.00. The normalized spacial score (nSPS) is 29.2. The lowest BCUT2D eigenvalue weighted by Crippen LogP contribution is -2.41. The summed E-state index contributed by atoms with van der Waals surface area (Å²) in [5.74, 6) is -1.56. The van der Waals surface area contributed by atoms with Crippen LogP contribution in [0.5, 0.6) is 0 Å². The number of hydrogen-bond donors (Lipinski definition) is 1. The quantitative estimate of drug-likeness (QED) is 0.891. The largest absolute Gasteiger partial charge is 0.326 e. The van der Waals surface area contributed by atoms with Crippen molar-refractivity contribution in [1.82, 2.24) is 4.90 Å². The summed E-state index contributed by atoms with van der Waals surface area (Å²) in [5.41, 5.74) is 7.12. The molecule has 4 heteroatoms. The van der Waals surface area contributed by atoms with Crippen LogP contribution in [0, 0.1) is 11.6 Å². The zero-order valence-electron chi connectivity index (χ0n) is 11.0. The van der Waals surface area contributed by atoms with Gasteiger partial charge in [-0.25, -0.2) is 8.78 Å². The van der Waals surface area contributed by atoms with E-state index in [1.54, 1.807) is 6.07 Å². The molecule has 2 unspecified atom stereocenters. The van der Waals surface area contributed by atoms with Crippen molar-refractivity contribution < 1.29 is 8.78 Å². The average molecular weight is 266 g/mol. The van der Waals surface area contributed by atoms with Gasteiger partial charge in [0.2, 0.25) is 0 Å². The Balaban J connectivity index is 1.93. The molecule has 0 bridgehead atoms. The Bertz CT molecular complexity index is 459. The SMILES string of the molecule is NC1CCCCN(C2CC2)C1c1ccc(F)c(F)c1. The second kappa shape index (κ2) is 5.17. The van der Waals surface area contributed by atoms with Crippen LogP contribution < -0.4 is 5.73 Å². The van der Waals surface area contributed by atoms with E-state index in [9.17, 15) is 8.78 Å². The van der Waals surface area contributed by atoms with Crippen LogP contribution in [-0.2, 0) is 0 Å². The lowest BCUT2D eigenvalue weighted by molar-refractivity contribution is 0.175. The molecule has 1 aromatic rings. The van der Waals surface area contributed by atoms with Crippen molar-refractivity contribution in [3.63, 3.8) is 0 Å². The van der Waals surface area contributed by atoms with Crippen molar-refractivity contribution in [3.8, 4) is 0 Å². The predicted molar refractivity (Wildman–Crippen MR) is 70.7 cm³/mol. The number of nitrogens with two attached hydrogens (primary N) is 1. The van der Waals surface area contributed by atoms with Gasteiger partial charge in [-0.3, -0.25) is 4.90 Å². The fourth-order valence-electron chi connectivity index (χ4n) is 3.17. The molecule has 1 aliphatic carbocycles. The summed E-state index contributed by atoms with van der Waals surface area (Å²) in [6, 6.07) is 4.85. The first-order chi connectivity index (χ1) is 9.16. The summed E-state index contributed by atoms with van der Waals surface area (Å²) in [6.07, 6.45) is 5.61. The Morgan fingerprint density at radius 2 is 1.84 bits per heavy atom. The molecule has 0 aromatic heterocycles. The number of benzene rings is 1. The first-order valence-corrected chi connectivity index (χ1v) is 7.13. The predicted octanol–water partition coefficient (Wildman–Crippen LogP) is 2.98. The third kappa shape index (κ3) is 2.65. The molecular formula is C15H20F2N2. The van der Waals surface area contributed by atoms with Crippen LogP contribution in [0.25, 0.3) is 0 Å². The summed E-state index contributed by atoms with van der Waals surface area (Å²) in [6.45, 7) is 1.02. The Kier molecular flexibility index (Phi) is 3.54. The highest BCUT2D eigenvalue weighted by atomic mass is 19.2. The van der Waals surface area contributed by atoms with E-state index < -0.39 is 11.6 Å². The van der Waals surface area contributed by atoms with Gasteiger partial charge < -0.3 is 5.73 Å². The average Bonchev–Trinajstić information content (AvgIpc) is 3.20. The number of nitrogens with zero attached hydrogens (tertiary/aromatic N) is 1. The molecular weight excluding hydrogens is 246 g/mol. The molecule has 3 rings (SSSR count). The van der Waals surface area contributed by atoms with Crippen molar-refractivity contribution in [2.24, 2.45) is 5.73 Å². The van der Waals surface area contributed by atoms with E-state index in [2.05, 4.69) is 4.90 Å². The van der Waals surface area contributed by atoms with Crippen molar-refractivity contribution >= 4 is 0 Å².